The summed E-state index contributed by atoms with van der Waals surface area (Å²) in [5, 5.41) is 31.5. The summed E-state index contributed by atoms with van der Waals surface area (Å²) in [7, 11) is 0. The van der Waals surface area contributed by atoms with Gasteiger partial charge in [0.25, 0.3) is 0 Å². The van der Waals surface area contributed by atoms with E-state index < -0.39 is 12.1 Å². The lowest BCUT2D eigenvalue weighted by atomic mass is 9.88. The number of hydrogen-bond donors (Lipinski definition) is 3. The highest BCUT2D eigenvalue weighted by atomic mass is 16.6. The van der Waals surface area contributed by atoms with Gasteiger partial charge in [-0.15, -0.1) is 0 Å². The molecule has 0 aromatic heterocycles. The predicted molar refractivity (Wildman–Crippen MR) is 49.5 cm³/mol. The van der Waals surface area contributed by atoms with Gasteiger partial charge in [-0.25, -0.2) is 0 Å². The Balaban J connectivity index is 2.49. The fraction of sp³-hybridized carbons (Fsp3) is 1.00. The maximum Gasteiger partial charge on any atom is 0.230 e. The molecule has 0 saturated heterocycles. The van der Waals surface area contributed by atoms with Crippen molar-refractivity contribution in [2.45, 2.75) is 37.5 Å². The summed E-state index contributed by atoms with van der Waals surface area (Å²) in [6, 6.07) is -0.953. The molecule has 0 heterocycles. The van der Waals surface area contributed by atoms with Crippen molar-refractivity contribution in [3.8, 4) is 0 Å². The summed E-state index contributed by atoms with van der Waals surface area (Å²) >= 11 is 0. The first-order valence-electron chi connectivity index (χ1n) is 4.81. The number of hydrogen-bond acceptors (Lipinski definition) is 5. The van der Waals surface area contributed by atoms with Crippen LogP contribution >= 0.6 is 0 Å². The van der Waals surface area contributed by atoms with Gasteiger partial charge in [-0.05, 0) is 12.8 Å². The Bertz CT molecular complexity index is 198. The van der Waals surface area contributed by atoms with Gasteiger partial charge >= 0.3 is 0 Å². The summed E-state index contributed by atoms with van der Waals surface area (Å²) in [6.07, 6.45) is 0.827. The van der Waals surface area contributed by atoms with Gasteiger partial charge < -0.3 is 15.5 Å². The van der Waals surface area contributed by atoms with Crippen LogP contribution in [-0.2, 0) is 0 Å². The molecule has 1 saturated carbocycles. The van der Waals surface area contributed by atoms with E-state index >= 15 is 0 Å². The lowest BCUT2D eigenvalue weighted by Gasteiger charge is -2.28. The smallest absolute Gasteiger partial charge is 0.230 e. The molecule has 1 rings (SSSR count). The van der Waals surface area contributed by atoms with E-state index in [1.165, 1.54) is 0 Å². The van der Waals surface area contributed by atoms with Gasteiger partial charge in [0, 0.05) is 17.9 Å². The molecule has 0 aliphatic heterocycles. The number of rotatable bonds is 4. The van der Waals surface area contributed by atoms with Crippen molar-refractivity contribution in [3.63, 3.8) is 0 Å². The van der Waals surface area contributed by atoms with Crippen molar-refractivity contribution >= 4 is 0 Å². The lowest BCUT2D eigenvalue weighted by Crippen LogP contribution is -2.49. The highest BCUT2D eigenvalue weighted by molar-refractivity contribution is 4.84. The van der Waals surface area contributed by atoms with Crippen molar-refractivity contribution < 1.29 is 15.1 Å². The second-order valence-corrected chi connectivity index (χ2v) is 3.60. The molecule has 6 heteroatoms. The van der Waals surface area contributed by atoms with E-state index in [9.17, 15) is 15.2 Å². The first-order valence-corrected chi connectivity index (χ1v) is 4.81. The van der Waals surface area contributed by atoms with Crippen LogP contribution in [-0.4, -0.2) is 46.5 Å². The average Bonchev–Trinajstić information content (AvgIpc) is 2.15. The molecule has 1 fully saturated rings. The number of nitrogens with one attached hydrogen (secondary N) is 1. The molecule has 14 heavy (non-hydrogen) atoms. The lowest BCUT2D eigenvalue weighted by molar-refractivity contribution is -0.532. The molecule has 0 bridgehead atoms. The fourth-order valence-corrected chi connectivity index (χ4v) is 1.85. The van der Waals surface area contributed by atoms with Crippen LogP contribution in [0, 0.1) is 10.1 Å². The third-order valence-electron chi connectivity index (χ3n) is 2.58. The van der Waals surface area contributed by atoms with E-state index in [1.54, 1.807) is 0 Å². The Morgan fingerprint density at radius 2 is 2.21 bits per heavy atom. The van der Waals surface area contributed by atoms with Gasteiger partial charge in [-0.2, -0.15) is 0 Å². The maximum absolute atomic E-state index is 10.7. The second kappa shape index (κ2) is 5.23. The monoisotopic (exact) mass is 204 g/mol. The van der Waals surface area contributed by atoms with Crippen LogP contribution in [0.1, 0.15) is 19.3 Å². The molecule has 1 aliphatic carbocycles. The Labute approximate surface area is 82.1 Å². The Morgan fingerprint density at radius 3 is 2.79 bits per heavy atom. The normalized spacial score (nSPS) is 32.9. The molecular weight excluding hydrogens is 188 g/mol. The van der Waals surface area contributed by atoms with E-state index in [4.69, 9.17) is 5.11 Å². The zero-order valence-electron chi connectivity index (χ0n) is 7.93. The van der Waals surface area contributed by atoms with Crippen molar-refractivity contribution in [1.29, 1.82) is 0 Å². The number of aliphatic hydroxyl groups excluding tert-OH is 2. The van der Waals surface area contributed by atoms with Gasteiger partial charge in [0.15, 0.2) is 0 Å². The first kappa shape index (κ1) is 11.4. The van der Waals surface area contributed by atoms with Crippen molar-refractivity contribution in [3.05, 3.63) is 10.1 Å². The van der Waals surface area contributed by atoms with E-state index in [0.29, 0.717) is 19.4 Å². The molecule has 0 aromatic carbocycles. The number of nitro groups is 1. The van der Waals surface area contributed by atoms with Crippen LogP contribution in [0.3, 0.4) is 0 Å². The third kappa shape index (κ3) is 2.90. The van der Waals surface area contributed by atoms with Crippen molar-refractivity contribution in [2.24, 2.45) is 0 Å². The minimum atomic E-state index is -0.731. The molecule has 0 radical (unpaired) electrons. The molecule has 3 unspecified atom stereocenters. The molecule has 1 aliphatic rings. The Morgan fingerprint density at radius 1 is 1.50 bits per heavy atom. The number of nitrogens with zero attached hydrogens (tertiary/aromatic N) is 1. The molecular formula is C8H16N2O4. The highest BCUT2D eigenvalue weighted by Gasteiger charge is 2.37. The summed E-state index contributed by atoms with van der Waals surface area (Å²) in [6.45, 7) is 0.342. The van der Waals surface area contributed by atoms with Crippen molar-refractivity contribution in [2.75, 3.05) is 13.2 Å². The van der Waals surface area contributed by atoms with Crippen LogP contribution in [0.2, 0.25) is 0 Å². The first-order chi connectivity index (χ1) is 6.65. The quantitative estimate of drug-likeness (QED) is 0.408. The molecule has 3 N–H and O–H groups in total. The van der Waals surface area contributed by atoms with Gasteiger partial charge in [0.2, 0.25) is 6.04 Å². The van der Waals surface area contributed by atoms with Crippen LogP contribution in [0.5, 0.6) is 0 Å². The molecule has 0 aromatic rings. The minimum absolute atomic E-state index is 0.0243. The van der Waals surface area contributed by atoms with Gasteiger partial charge in [-0.1, -0.05) is 0 Å². The van der Waals surface area contributed by atoms with E-state index in [0.717, 1.165) is 0 Å². The fourth-order valence-electron chi connectivity index (χ4n) is 1.85. The molecule has 3 atom stereocenters. The van der Waals surface area contributed by atoms with Crippen LogP contribution in [0.4, 0.5) is 0 Å². The molecule has 0 amide bonds. The summed E-state index contributed by atoms with van der Waals surface area (Å²) < 4.78 is 0. The standard InChI is InChI=1S/C8H16N2O4/c11-4-3-9-7-2-1-6(12)5-8(7)10(13)14/h6-9,11-12H,1-5H2. The highest BCUT2D eigenvalue weighted by Crippen LogP contribution is 2.21. The van der Waals surface area contributed by atoms with Crippen molar-refractivity contribution in [1.82, 2.24) is 5.32 Å². The van der Waals surface area contributed by atoms with Crippen LogP contribution < -0.4 is 5.32 Å². The van der Waals surface area contributed by atoms with Crippen LogP contribution in [0.25, 0.3) is 0 Å². The number of aliphatic hydroxyl groups is 2. The van der Waals surface area contributed by atoms with Gasteiger partial charge in [-0.3, -0.25) is 10.1 Å². The second-order valence-electron chi connectivity index (χ2n) is 3.60. The van der Waals surface area contributed by atoms with Gasteiger partial charge in [0.05, 0.1) is 18.8 Å². The Kier molecular flexibility index (Phi) is 4.24. The van der Waals surface area contributed by atoms with E-state index in [1.807, 2.05) is 0 Å². The zero-order chi connectivity index (χ0) is 10.6. The molecule has 6 nitrogen and oxygen atoms in total. The zero-order valence-corrected chi connectivity index (χ0v) is 7.93. The van der Waals surface area contributed by atoms with E-state index in [2.05, 4.69) is 5.32 Å². The SMILES string of the molecule is O=[N+]([O-])C1CC(O)CCC1NCCO. The average molecular weight is 204 g/mol. The molecule has 0 spiro atoms. The third-order valence-corrected chi connectivity index (χ3v) is 2.58. The summed E-state index contributed by atoms with van der Waals surface area (Å²) in [5.74, 6) is 0. The maximum atomic E-state index is 10.7. The predicted octanol–water partition coefficient (Wildman–Crippen LogP) is -0.873. The molecule has 82 valence electrons. The summed E-state index contributed by atoms with van der Waals surface area (Å²) in [5.41, 5.74) is 0. The largest absolute Gasteiger partial charge is 0.395 e. The topological polar surface area (TPSA) is 95.6 Å². The van der Waals surface area contributed by atoms with Gasteiger partial charge in [0.1, 0.15) is 0 Å². The van der Waals surface area contributed by atoms with Crippen LogP contribution in [0.15, 0.2) is 0 Å². The minimum Gasteiger partial charge on any atom is -0.395 e. The van der Waals surface area contributed by atoms with E-state index in [-0.39, 0.29) is 24.0 Å². The summed E-state index contributed by atoms with van der Waals surface area (Å²) in [4.78, 5) is 10.3. The Hall–Kier alpha value is -0.720.